The van der Waals surface area contributed by atoms with Crippen molar-refractivity contribution >= 4 is 5.91 Å². The van der Waals surface area contributed by atoms with Crippen molar-refractivity contribution in [1.82, 2.24) is 10.2 Å². The molecule has 0 aromatic rings. The summed E-state index contributed by atoms with van der Waals surface area (Å²) in [6.45, 7) is 13.5. The second kappa shape index (κ2) is 6.28. The Labute approximate surface area is 130 Å². The first-order valence-corrected chi connectivity index (χ1v) is 8.79. The van der Waals surface area contributed by atoms with Gasteiger partial charge in [-0.05, 0) is 49.4 Å². The van der Waals surface area contributed by atoms with E-state index in [1.807, 2.05) is 0 Å². The molecular formula is C18H34N2O. The van der Waals surface area contributed by atoms with Crippen LogP contribution in [-0.4, -0.2) is 29.1 Å². The number of carbonyl (C=O) groups is 1. The number of rotatable bonds is 4. The fraction of sp³-hybridized carbons (Fsp3) is 0.944. The standard InChI is InChI=1S/C18H34N2O/c1-12(2)11-15-19-16(13(3)4)17(21)20(15)14-7-9-18(5,6)10-8-14/h12-16,19H,7-11H2,1-6H3. The highest BCUT2D eigenvalue weighted by atomic mass is 16.2. The van der Waals surface area contributed by atoms with Crippen LogP contribution in [-0.2, 0) is 4.79 Å². The van der Waals surface area contributed by atoms with Gasteiger partial charge in [-0.15, -0.1) is 0 Å². The Morgan fingerprint density at radius 3 is 2.24 bits per heavy atom. The van der Waals surface area contributed by atoms with Crippen LogP contribution in [0.15, 0.2) is 0 Å². The van der Waals surface area contributed by atoms with E-state index in [1.165, 1.54) is 25.7 Å². The van der Waals surface area contributed by atoms with E-state index in [2.05, 4.69) is 51.8 Å². The number of nitrogens with one attached hydrogen (secondary N) is 1. The van der Waals surface area contributed by atoms with Gasteiger partial charge in [-0.3, -0.25) is 10.1 Å². The van der Waals surface area contributed by atoms with Crippen molar-refractivity contribution in [3.05, 3.63) is 0 Å². The average Bonchev–Trinajstić information content (AvgIpc) is 2.66. The van der Waals surface area contributed by atoms with Crippen molar-refractivity contribution in [3.63, 3.8) is 0 Å². The van der Waals surface area contributed by atoms with Crippen LogP contribution >= 0.6 is 0 Å². The lowest BCUT2D eigenvalue weighted by Gasteiger charge is -2.41. The number of carbonyl (C=O) groups excluding carboxylic acids is 1. The first-order valence-electron chi connectivity index (χ1n) is 8.79. The predicted molar refractivity (Wildman–Crippen MR) is 87.9 cm³/mol. The molecule has 3 nitrogen and oxygen atoms in total. The van der Waals surface area contributed by atoms with E-state index < -0.39 is 0 Å². The summed E-state index contributed by atoms with van der Waals surface area (Å²) in [4.78, 5) is 15.1. The maximum atomic E-state index is 12.9. The topological polar surface area (TPSA) is 32.3 Å². The Balaban J connectivity index is 2.11. The number of nitrogens with zero attached hydrogens (tertiary/aromatic N) is 1. The van der Waals surface area contributed by atoms with Gasteiger partial charge in [0.25, 0.3) is 0 Å². The summed E-state index contributed by atoms with van der Waals surface area (Å²) in [5, 5.41) is 3.62. The summed E-state index contributed by atoms with van der Waals surface area (Å²) in [5.41, 5.74) is 0.456. The minimum Gasteiger partial charge on any atom is -0.323 e. The van der Waals surface area contributed by atoms with Crippen LogP contribution in [0, 0.1) is 17.3 Å². The van der Waals surface area contributed by atoms with Gasteiger partial charge >= 0.3 is 0 Å². The summed E-state index contributed by atoms with van der Waals surface area (Å²) in [5.74, 6) is 1.33. The predicted octanol–water partition coefficient (Wildman–Crippen LogP) is 3.78. The molecule has 1 amide bonds. The molecule has 1 saturated heterocycles. The van der Waals surface area contributed by atoms with Gasteiger partial charge in [0.15, 0.2) is 0 Å². The molecule has 0 aromatic heterocycles. The van der Waals surface area contributed by atoms with Crippen LogP contribution in [0.1, 0.15) is 73.6 Å². The Morgan fingerprint density at radius 2 is 1.76 bits per heavy atom. The number of hydrogen-bond donors (Lipinski definition) is 1. The van der Waals surface area contributed by atoms with Crippen LogP contribution in [0.3, 0.4) is 0 Å². The van der Waals surface area contributed by atoms with Gasteiger partial charge < -0.3 is 4.90 Å². The lowest BCUT2D eigenvalue weighted by Crippen LogP contribution is -2.47. The zero-order chi connectivity index (χ0) is 15.8. The molecule has 0 spiro atoms. The average molecular weight is 294 g/mol. The molecule has 1 saturated carbocycles. The molecule has 2 rings (SSSR count). The molecule has 2 unspecified atom stereocenters. The van der Waals surface area contributed by atoms with Crippen LogP contribution < -0.4 is 5.32 Å². The van der Waals surface area contributed by atoms with Gasteiger partial charge in [0.2, 0.25) is 5.91 Å². The molecule has 122 valence electrons. The maximum Gasteiger partial charge on any atom is 0.241 e. The van der Waals surface area contributed by atoms with E-state index in [4.69, 9.17) is 0 Å². The maximum absolute atomic E-state index is 12.9. The molecule has 1 heterocycles. The highest BCUT2D eigenvalue weighted by molar-refractivity contribution is 5.85. The Kier molecular flexibility index (Phi) is 5.02. The third-order valence-electron chi connectivity index (χ3n) is 5.29. The molecule has 2 atom stereocenters. The molecule has 2 aliphatic rings. The third kappa shape index (κ3) is 3.80. The zero-order valence-corrected chi connectivity index (χ0v) is 14.8. The number of amides is 1. The van der Waals surface area contributed by atoms with Gasteiger partial charge in [0, 0.05) is 6.04 Å². The van der Waals surface area contributed by atoms with Gasteiger partial charge in [0.05, 0.1) is 12.2 Å². The van der Waals surface area contributed by atoms with E-state index in [1.54, 1.807) is 0 Å². The molecule has 21 heavy (non-hydrogen) atoms. The van der Waals surface area contributed by atoms with Crippen LogP contribution in [0.5, 0.6) is 0 Å². The van der Waals surface area contributed by atoms with Crippen LogP contribution in [0.2, 0.25) is 0 Å². The van der Waals surface area contributed by atoms with Crippen molar-refractivity contribution < 1.29 is 4.79 Å². The fourth-order valence-electron chi connectivity index (χ4n) is 3.88. The van der Waals surface area contributed by atoms with Crippen molar-refractivity contribution in [1.29, 1.82) is 0 Å². The molecule has 0 radical (unpaired) electrons. The normalized spacial score (nSPS) is 30.7. The van der Waals surface area contributed by atoms with E-state index in [0.29, 0.717) is 29.2 Å². The lowest BCUT2D eigenvalue weighted by molar-refractivity contribution is -0.134. The minimum atomic E-state index is 0.0173. The molecule has 1 aliphatic heterocycles. The van der Waals surface area contributed by atoms with E-state index in [-0.39, 0.29) is 12.2 Å². The van der Waals surface area contributed by atoms with E-state index in [9.17, 15) is 4.79 Å². The highest BCUT2D eigenvalue weighted by Gasteiger charge is 2.44. The van der Waals surface area contributed by atoms with Gasteiger partial charge in [-0.2, -0.15) is 0 Å². The quantitative estimate of drug-likeness (QED) is 0.855. The third-order valence-corrected chi connectivity index (χ3v) is 5.29. The van der Waals surface area contributed by atoms with Crippen molar-refractivity contribution in [2.75, 3.05) is 0 Å². The second-order valence-electron chi connectivity index (χ2n) is 8.67. The summed E-state index contributed by atoms with van der Waals surface area (Å²) in [6, 6.07) is 0.467. The Morgan fingerprint density at radius 1 is 1.19 bits per heavy atom. The first-order chi connectivity index (χ1) is 9.71. The molecular weight excluding hydrogens is 260 g/mol. The van der Waals surface area contributed by atoms with Crippen molar-refractivity contribution in [2.24, 2.45) is 17.3 Å². The fourth-order valence-corrected chi connectivity index (χ4v) is 3.88. The second-order valence-corrected chi connectivity index (χ2v) is 8.67. The summed E-state index contributed by atoms with van der Waals surface area (Å²) >= 11 is 0. The molecule has 2 fully saturated rings. The molecule has 3 heteroatoms. The van der Waals surface area contributed by atoms with E-state index in [0.717, 1.165) is 6.42 Å². The molecule has 1 N–H and O–H groups in total. The lowest BCUT2D eigenvalue weighted by atomic mass is 9.75. The van der Waals surface area contributed by atoms with Gasteiger partial charge in [-0.25, -0.2) is 0 Å². The van der Waals surface area contributed by atoms with Gasteiger partial charge in [-0.1, -0.05) is 41.5 Å². The minimum absolute atomic E-state index is 0.0173. The molecule has 0 aromatic carbocycles. The van der Waals surface area contributed by atoms with E-state index >= 15 is 0 Å². The molecule has 1 aliphatic carbocycles. The summed E-state index contributed by atoms with van der Waals surface area (Å²) < 4.78 is 0. The van der Waals surface area contributed by atoms with Crippen LogP contribution in [0.25, 0.3) is 0 Å². The van der Waals surface area contributed by atoms with Crippen LogP contribution in [0.4, 0.5) is 0 Å². The number of hydrogen-bond acceptors (Lipinski definition) is 2. The van der Waals surface area contributed by atoms with Crippen molar-refractivity contribution in [3.8, 4) is 0 Å². The largest absolute Gasteiger partial charge is 0.323 e. The SMILES string of the molecule is CC(C)CC1NC(C(C)C)C(=O)N1C1CCC(C)(C)CC1. The smallest absolute Gasteiger partial charge is 0.241 e. The van der Waals surface area contributed by atoms with Crippen molar-refractivity contribution in [2.45, 2.75) is 91.9 Å². The summed E-state index contributed by atoms with van der Waals surface area (Å²) in [6.07, 6.45) is 6.12. The first kappa shape index (κ1) is 16.8. The van der Waals surface area contributed by atoms with Gasteiger partial charge in [0.1, 0.15) is 0 Å². The zero-order valence-electron chi connectivity index (χ0n) is 14.8. The Hall–Kier alpha value is -0.570. The summed E-state index contributed by atoms with van der Waals surface area (Å²) in [7, 11) is 0. The monoisotopic (exact) mass is 294 g/mol. The highest BCUT2D eigenvalue weighted by Crippen LogP contribution is 2.39. The Bertz CT molecular complexity index is 365. The molecule has 0 bridgehead atoms.